The van der Waals surface area contributed by atoms with E-state index in [2.05, 4.69) is 15.5 Å². The second-order valence-electron chi connectivity index (χ2n) is 9.44. The minimum absolute atomic E-state index is 0.0884. The molecular formula is C27H28ClN5O5S2. The van der Waals surface area contributed by atoms with Gasteiger partial charge in [0.2, 0.25) is 5.88 Å². The van der Waals surface area contributed by atoms with Gasteiger partial charge in [-0.2, -0.15) is 0 Å². The highest BCUT2D eigenvalue weighted by Crippen LogP contribution is 2.28. The highest BCUT2D eigenvalue weighted by atomic mass is 35.5. The number of hydrogen-bond donors (Lipinski definition) is 4. The molecule has 13 heteroatoms. The van der Waals surface area contributed by atoms with Gasteiger partial charge in [-0.05, 0) is 85.9 Å². The molecule has 0 radical (unpaired) electrons. The second kappa shape index (κ2) is 11.9. The summed E-state index contributed by atoms with van der Waals surface area (Å²) in [5, 5.41) is 17.9. The number of piperidine rings is 1. The molecule has 4 aromatic rings. The molecule has 0 atom stereocenters. The molecule has 1 aliphatic rings. The molecule has 0 spiro atoms. The smallest absolute Gasteiger partial charge is 0.333 e. The number of nitrogens with zero attached hydrogens (tertiary/aromatic N) is 2. The van der Waals surface area contributed by atoms with Crippen molar-refractivity contribution in [2.24, 2.45) is 0 Å². The first-order valence-electron chi connectivity index (χ1n) is 12.7. The molecule has 4 N–H and O–H groups in total. The summed E-state index contributed by atoms with van der Waals surface area (Å²) in [7, 11) is -4.07. The Morgan fingerprint density at radius 1 is 0.975 bits per heavy atom. The van der Waals surface area contributed by atoms with Crippen LogP contribution in [0.3, 0.4) is 0 Å². The van der Waals surface area contributed by atoms with Crippen LogP contribution < -0.4 is 20.9 Å². The molecule has 0 bridgehead atoms. The molecule has 1 saturated heterocycles. The third kappa shape index (κ3) is 6.41. The van der Waals surface area contributed by atoms with Gasteiger partial charge in [-0.3, -0.25) is 4.79 Å². The van der Waals surface area contributed by atoms with Crippen LogP contribution in [-0.4, -0.2) is 55.2 Å². The summed E-state index contributed by atoms with van der Waals surface area (Å²) in [6.45, 7) is 4.01. The lowest BCUT2D eigenvalue weighted by Crippen LogP contribution is -2.33. The maximum Gasteiger partial charge on any atom is 0.333 e. The number of sulfonamides is 1. The van der Waals surface area contributed by atoms with Gasteiger partial charge in [-0.1, -0.05) is 18.0 Å². The molecule has 210 valence electrons. The highest BCUT2D eigenvalue weighted by Gasteiger charge is 2.20. The monoisotopic (exact) mass is 601 g/mol. The van der Waals surface area contributed by atoms with E-state index in [0.717, 1.165) is 43.2 Å². The predicted octanol–water partition coefficient (Wildman–Crippen LogP) is 4.82. The van der Waals surface area contributed by atoms with Crippen molar-refractivity contribution in [1.29, 1.82) is 0 Å². The summed E-state index contributed by atoms with van der Waals surface area (Å²) >= 11 is 6.61. The number of benzene rings is 2. The van der Waals surface area contributed by atoms with Crippen LogP contribution >= 0.6 is 22.9 Å². The van der Waals surface area contributed by atoms with Crippen LogP contribution in [0.5, 0.6) is 5.88 Å². The summed E-state index contributed by atoms with van der Waals surface area (Å²) in [6, 6.07) is 14.8. The molecule has 0 unspecified atom stereocenters. The molecule has 40 heavy (non-hydrogen) atoms. The van der Waals surface area contributed by atoms with Crippen LogP contribution in [0.4, 0.5) is 16.2 Å². The number of anilines is 2. The van der Waals surface area contributed by atoms with Crippen molar-refractivity contribution < 1.29 is 18.3 Å². The van der Waals surface area contributed by atoms with Crippen molar-refractivity contribution >= 4 is 61.1 Å². The number of urea groups is 1. The number of fused-ring (bicyclic) bond motifs is 1. The van der Waals surface area contributed by atoms with Gasteiger partial charge in [-0.15, -0.1) is 11.3 Å². The summed E-state index contributed by atoms with van der Waals surface area (Å²) in [5.74, 6) is -0.207. The Morgan fingerprint density at radius 2 is 1.70 bits per heavy atom. The summed E-state index contributed by atoms with van der Waals surface area (Å²) < 4.78 is 27.9. The van der Waals surface area contributed by atoms with Crippen LogP contribution in [0.1, 0.15) is 19.3 Å². The molecular weight excluding hydrogens is 574 g/mol. The normalized spacial score (nSPS) is 14.2. The highest BCUT2D eigenvalue weighted by molar-refractivity contribution is 7.92. The first kappa shape index (κ1) is 28.0. The quantitative estimate of drug-likeness (QED) is 0.228. The fourth-order valence-electron chi connectivity index (χ4n) is 4.67. The lowest BCUT2D eigenvalue weighted by molar-refractivity contribution is 0.237. The zero-order chi connectivity index (χ0) is 28.3. The number of amides is 2. The Kier molecular flexibility index (Phi) is 8.31. The van der Waals surface area contributed by atoms with Gasteiger partial charge in [0.05, 0.1) is 10.0 Å². The third-order valence-corrected chi connectivity index (χ3v) is 9.69. The molecule has 10 nitrogen and oxygen atoms in total. The number of likely N-dealkylation sites (tertiary alicyclic amines) is 1. The molecule has 3 heterocycles. The largest absolute Gasteiger partial charge is 0.494 e. The minimum Gasteiger partial charge on any atom is -0.494 e. The van der Waals surface area contributed by atoms with Crippen molar-refractivity contribution in [2.75, 3.05) is 36.8 Å². The predicted molar refractivity (Wildman–Crippen MR) is 159 cm³/mol. The van der Waals surface area contributed by atoms with Crippen molar-refractivity contribution in [3.8, 4) is 11.6 Å². The lowest BCUT2D eigenvalue weighted by atomic mass is 10.1. The number of carbonyl (C=O) groups is 1. The molecule has 1 aliphatic heterocycles. The fourth-order valence-corrected chi connectivity index (χ4v) is 7.06. The van der Waals surface area contributed by atoms with E-state index in [1.165, 1.54) is 66.3 Å². The number of pyridine rings is 1. The molecule has 0 aliphatic carbocycles. The van der Waals surface area contributed by atoms with E-state index in [1.807, 2.05) is 16.9 Å². The summed E-state index contributed by atoms with van der Waals surface area (Å²) in [4.78, 5) is 27.7. The molecule has 0 saturated carbocycles. The molecule has 2 aromatic carbocycles. The Labute approximate surface area is 240 Å². The van der Waals surface area contributed by atoms with E-state index in [0.29, 0.717) is 16.5 Å². The second-order valence-corrected chi connectivity index (χ2v) is 13.1. The number of thiophene rings is 1. The fraction of sp³-hybridized carbons (Fsp3) is 0.259. The van der Waals surface area contributed by atoms with Crippen molar-refractivity contribution in [3.63, 3.8) is 0 Å². The van der Waals surface area contributed by atoms with Gasteiger partial charge in [0.15, 0.2) is 0 Å². The van der Waals surface area contributed by atoms with Crippen LogP contribution in [0, 0.1) is 0 Å². The summed E-state index contributed by atoms with van der Waals surface area (Å²) in [6.07, 6.45) is 3.78. The molecule has 2 aromatic heterocycles. The zero-order valence-corrected chi connectivity index (χ0v) is 23.8. The van der Waals surface area contributed by atoms with E-state index < -0.39 is 21.6 Å². The minimum atomic E-state index is -4.07. The van der Waals surface area contributed by atoms with Gasteiger partial charge < -0.3 is 20.6 Å². The van der Waals surface area contributed by atoms with E-state index in [-0.39, 0.29) is 20.1 Å². The number of aromatic nitrogens is 1. The standard InChI is InChI=1S/C27H28ClN5O5S2/c28-23-10-11-25(39-23)40(37,38)31-27(36)30-19-4-7-21(8-5-19)33-24(34)17-18-16-20(6-9-22(18)26(33)35)29-12-15-32-13-2-1-3-14-32/h4-11,16-17,29,35H,1-3,12-15H2,(H2,30,31,36). The van der Waals surface area contributed by atoms with Crippen LogP contribution in [0.15, 0.2) is 69.7 Å². The van der Waals surface area contributed by atoms with Gasteiger partial charge in [0.1, 0.15) is 4.21 Å². The number of aromatic hydroxyl groups is 1. The topological polar surface area (TPSA) is 133 Å². The maximum atomic E-state index is 13.0. The molecule has 2 amide bonds. The van der Waals surface area contributed by atoms with Gasteiger partial charge in [0, 0.05) is 35.9 Å². The SMILES string of the molecule is O=C(Nc1ccc(-n2c(O)c3ccc(NCCN4CCCCC4)cc3cc2=O)cc1)NS(=O)(=O)c1ccc(Cl)s1. The Balaban J connectivity index is 1.26. The maximum absolute atomic E-state index is 13.0. The Hall–Kier alpha value is -3.58. The average Bonchev–Trinajstić information content (AvgIpc) is 3.37. The van der Waals surface area contributed by atoms with Gasteiger partial charge in [0.25, 0.3) is 15.6 Å². The molecule has 1 fully saturated rings. The van der Waals surface area contributed by atoms with Crippen molar-refractivity contribution in [2.45, 2.75) is 23.5 Å². The number of rotatable bonds is 8. The lowest BCUT2D eigenvalue weighted by Gasteiger charge is -2.26. The Bertz CT molecular complexity index is 1700. The van der Waals surface area contributed by atoms with Gasteiger partial charge >= 0.3 is 6.03 Å². The zero-order valence-electron chi connectivity index (χ0n) is 21.4. The van der Waals surface area contributed by atoms with Gasteiger partial charge in [-0.25, -0.2) is 22.5 Å². The first-order valence-corrected chi connectivity index (χ1v) is 15.4. The van der Waals surface area contributed by atoms with E-state index in [1.54, 1.807) is 6.07 Å². The van der Waals surface area contributed by atoms with Crippen LogP contribution in [0.25, 0.3) is 16.5 Å². The Morgan fingerprint density at radius 3 is 2.40 bits per heavy atom. The van der Waals surface area contributed by atoms with Crippen LogP contribution in [0.2, 0.25) is 4.34 Å². The van der Waals surface area contributed by atoms with Crippen molar-refractivity contribution in [1.82, 2.24) is 14.2 Å². The number of hydrogen-bond acceptors (Lipinski definition) is 8. The van der Waals surface area contributed by atoms with Crippen LogP contribution in [-0.2, 0) is 10.0 Å². The summed E-state index contributed by atoms with van der Waals surface area (Å²) in [5.41, 5.74) is 1.11. The first-order chi connectivity index (χ1) is 19.2. The van der Waals surface area contributed by atoms with E-state index in [9.17, 15) is 23.1 Å². The average molecular weight is 602 g/mol. The van der Waals surface area contributed by atoms with E-state index >= 15 is 0 Å². The number of nitrogens with one attached hydrogen (secondary N) is 3. The third-order valence-electron chi connectivity index (χ3n) is 6.63. The van der Waals surface area contributed by atoms with E-state index in [4.69, 9.17) is 11.6 Å². The van der Waals surface area contributed by atoms with Crippen molar-refractivity contribution in [3.05, 3.63) is 75.4 Å². The number of halogens is 1. The molecule has 5 rings (SSSR count). The number of carbonyl (C=O) groups excluding carboxylic acids is 1.